The van der Waals surface area contributed by atoms with Gasteiger partial charge < -0.3 is 5.32 Å². The van der Waals surface area contributed by atoms with Crippen LogP contribution in [0.25, 0.3) is 0 Å². The molecule has 2 aromatic rings. The SMILES string of the molecule is Cc1ccc(C(=O)CCC(=O)NCCc2ccc(C(F)(F)F)cc2)cc1C. The Bertz CT molecular complexity index is 811. The second-order valence-corrected chi connectivity index (χ2v) is 6.52. The average molecular weight is 377 g/mol. The molecule has 6 heteroatoms. The molecule has 3 nitrogen and oxygen atoms in total. The summed E-state index contributed by atoms with van der Waals surface area (Å²) in [5, 5.41) is 2.69. The lowest BCUT2D eigenvalue weighted by Gasteiger charge is -2.08. The van der Waals surface area contributed by atoms with E-state index in [4.69, 9.17) is 0 Å². The summed E-state index contributed by atoms with van der Waals surface area (Å²) in [6.07, 6.45) is -3.72. The number of Topliss-reactive ketones (excluding diaryl/α,β-unsaturated/α-hetero) is 1. The van der Waals surface area contributed by atoms with E-state index in [0.717, 1.165) is 23.3 Å². The van der Waals surface area contributed by atoms with Crippen molar-refractivity contribution in [3.05, 3.63) is 70.3 Å². The van der Waals surface area contributed by atoms with Gasteiger partial charge >= 0.3 is 6.18 Å². The average Bonchev–Trinajstić information content (AvgIpc) is 2.61. The van der Waals surface area contributed by atoms with Crippen LogP contribution < -0.4 is 5.32 Å². The van der Waals surface area contributed by atoms with Gasteiger partial charge in [-0.2, -0.15) is 13.2 Å². The van der Waals surface area contributed by atoms with Crippen molar-refractivity contribution in [2.45, 2.75) is 39.3 Å². The van der Waals surface area contributed by atoms with Crippen LogP contribution in [0.2, 0.25) is 0 Å². The van der Waals surface area contributed by atoms with Crippen molar-refractivity contribution < 1.29 is 22.8 Å². The third-order valence-corrected chi connectivity index (χ3v) is 4.43. The minimum absolute atomic E-state index is 0.0821. The quantitative estimate of drug-likeness (QED) is 0.715. The summed E-state index contributed by atoms with van der Waals surface area (Å²) in [4.78, 5) is 24.0. The summed E-state index contributed by atoms with van der Waals surface area (Å²) in [6, 6.07) is 10.3. The first kappa shape index (κ1) is 20.7. The highest BCUT2D eigenvalue weighted by Gasteiger charge is 2.29. The fourth-order valence-corrected chi connectivity index (χ4v) is 2.58. The third-order valence-electron chi connectivity index (χ3n) is 4.43. The molecule has 0 fully saturated rings. The number of carbonyl (C=O) groups is 2. The van der Waals surface area contributed by atoms with Crippen molar-refractivity contribution in [3.8, 4) is 0 Å². The fraction of sp³-hybridized carbons (Fsp3) is 0.333. The number of amides is 1. The van der Waals surface area contributed by atoms with E-state index in [0.29, 0.717) is 24.1 Å². The molecule has 0 aliphatic carbocycles. The zero-order valence-electron chi connectivity index (χ0n) is 15.3. The lowest BCUT2D eigenvalue weighted by molar-refractivity contribution is -0.137. The van der Waals surface area contributed by atoms with Gasteiger partial charge in [-0.1, -0.05) is 24.3 Å². The molecule has 27 heavy (non-hydrogen) atoms. The summed E-state index contributed by atoms with van der Waals surface area (Å²) >= 11 is 0. The van der Waals surface area contributed by atoms with Gasteiger partial charge in [0.25, 0.3) is 0 Å². The summed E-state index contributed by atoms with van der Waals surface area (Å²) in [5.74, 6) is -0.338. The Balaban J connectivity index is 1.74. The zero-order valence-corrected chi connectivity index (χ0v) is 15.3. The molecule has 0 unspecified atom stereocenters. The van der Waals surface area contributed by atoms with E-state index in [9.17, 15) is 22.8 Å². The Kier molecular flexibility index (Phi) is 6.77. The van der Waals surface area contributed by atoms with E-state index < -0.39 is 11.7 Å². The fourth-order valence-electron chi connectivity index (χ4n) is 2.58. The number of hydrogen-bond acceptors (Lipinski definition) is 2. The van der Waals surface area contributed by atoms with Crippen molar-refractivity contribution in [2.75, 3.05) is 6.54 Å². The van der Waals surface area contributed by atoms with Crippen LogP contribution in [-0.2, 0) is 17.4 Å². The smallest absolute Gasteiger partial charge is 0.356 e. The molecule has 144 valence electrons. The lowest BCUT2D eigenvalue weighted by Crippen LogP contribution is -2.26. The topological polar surface area (TPSA) is 46.2 Å². The van der Waals surface area contributed by atoms with Gasteiger partial charge in [0, 0.05) is 24.9 Å². The van der Waals surface area contributed by atoms with Gasteiger partial charge in [-0.25, -0.2) is 0 Å². The van der Waals surface area contributed by atoms with Crippen molar-refractivity contribution in [1.29, 1.82) is 0 Å². The maximum absolute atomic E-state index is 12.5. The number of nitrogens with one attached hydrogen (secondary N) is 1. The molecule has 0 spiro atoms. The molecule has 0 aromatic heterocycles. The summed E-state index contributed by atoms with van der Waals surface area (Å²) in [6.45, 7) is 4.20. The summed E-state index contributed by atoms with van der Waals surface area (Å²) in [5.41, 5.74) is 2.74. The molecule has 2 rings (SSSR count). The van der Waals surface area contributed by atoms with E-state index in [1.165, 1.54) is 12.1 Å². The van der Waals surface area contributed by atoms with E-state index in [2.05, 4.69) is 5.32 Å². The van der Waals surface area contributed by atoms with Crippen molar-refractivity contribution in [1.82, 2.24) is 5.32 Å². The Morgan fingerprint density at radius 2 is 1.59 bits per heavy atom. The summed E-state index contributed by atoms with van der Waals surface area (Å²) < 4.78 is 37.5. The molecule has 0 atom stereocenters. The molecule has 0 aliphatic heterocycles. The lowest BCUT2D eigenvalue weighted by atomic mass is 10.0. The van der Waals surface area contributed by atoms with Crippen LogP contribution in [-0.4, -0.2) is 18.2 Å². The summed E-state index contributed by atoms with van der Waals surface area (Å²) in [7, 11) is 0. The van der Waals surface area contributed by atoms with Gasteiger partial charge in [0.1, 0.15) is 0 Å². The first-order chi connectivity index (χ1) is 12.7. The number of hydrogen-bond donors (Lipinski definition) is 1. The molecule has 0 saturated heterocycles. The highest BCUT2D eigenvalue weighted by atomic mass is 19.4. The van der Waals surface area contributed by atoms with Crippen LogP contribution in [0, 0.1) is 13.8 Å². The van der Waals surface area contributed by atoms with Crippen LogP contribution >= 0.6 is 0 Å². The van der Waals surface area contributed by atoms with E-state index >= 15 is 0 Å². The maximum atomic E-state index is 12.5. The second kappa shape index (κ2) is 8.84. The van der Waals surface area contributed by atoms with Gasteiger partial charge in [0.05, 0.1) is 5.56 Å². The molecule has 0 bridgehead atoms. The number of rotatable bonds is 7. The molecule has 1 N–H and O–H groups in total. The minimum atomic E-state index is -4.35. The molecular formula is C21H22F3NO2. The third kappa shape index (κ3) is 6.24. The van der Waals surface area contributed by atoms with Gasteiger partial charge in [-0.15, -0.1) is 0 Å². The van der Waals surface area contributed by atoms with Gasteiger partial charge in [0.2, 0.25) is 5.91 Å². The molecule has 0 radical (unpaired) electrons. The first-order valence-corrected chi connectivity index (χ1v) is 8.70. The van der Waals surface area contributed by atoms with Gasteiger partial charge in [-0.05, 0) is 55.2 Å². The van der Waals surface area contributed by atoms with Crippen LogP contribution in [0.1, 0.15) is 45.5 Å². The van der Waals surface area contributed by atoms with E-state index in [-0.39, 0.29) is 24.5 Å². The van der Waals surface area contributed by atoms with Crippen LogP contribution in [0.4, 0.5) is 13.2 Å². The Morgan fingerprint density at radius 1 is 0.926 bits per heavy atom. The molecule has 0 aliphatic rings. The molecule has 0 saturated carbocycles. The Morgan fingerprint density at radius 3 is 2.19 bits per heavy atom. The number of halogens is 3. The number of ketones is 1. The van der Waals surface area contributed by atoms with E-state index in [1.807, 2.05) is 26.0 Å². The standard InChI is InChI=1S/C21H22F3NO2/c1-14-3-6-17(13-15(14)2)19(26)9-10-20(27)25-12-11-16-4-7-18(8-5-16)21(22,23)24/h3-8,13H,9-12H2,1-2H3,(H,25,27). The number of benzene rings is 2. The molecule has 1 amide bonds. The molecule has 2 aromatic carbocycles. The number of carbonyl (C=O) groups excluding carboxylic acids is 2. The number of alkyl halides is 3. The largest absolute Gasteiger partial charge is 0.416 e. The monoisotopic (exact) mass is 377 g/mol. The van der Waals surface area contributed by atoms with E-state index in [1.54, 1.807) is 6.07 Å². The van der Waals surface area contributed by atoms with Crippen LogP contribution in [0.15, 0.2) is 42.5 Å². The zero-order chi connectivity index (χ0) is 20.0. The maximum Gasteiger partial charge on any atom is 0.416 e. The normalized spacial score (nSPS) is 11.3. The van der Waals surface area contributed by atoms with Gasteiger partial charge in [0.15, 0.2) is 5.78 Å². The predicted molar refractivity (Wildman–Crippen MR) is 97.6 cm³/mol. The second-order valence-electron chi connectivity index (χ2n) is 6.52. The predicted octanol–water partition coefficient (Wildman–Crippen LogP) is 4.64. The van der Waals surface area contributed by atoms with Crippen molar-refractivity contribution in [2.24, 2.45) is 0 Å². The highest BCUT2D eigenvalue weighted by Crippen LogP contribution is 2.29. The van der Waals surface area contributed by atoms with Crippen molar-refractivity contribution >= 4 is 11.7 Å². The minimum Gasteiger partial charge on any atom is -0.356 e. The van der Waals surface area contributed by atoms with Gasteiger partial charge in [-0.3, -0.25) is 9.59 Å². The Labute approximate surface area is 156 Å². The first-order valence-electron chi connectivity index (χ1n) is 8.70. The van der Waals surface area contributed by atoms with Crippen LogP contribution in [0.5, 0.6) is 0 Å². The Hall–Kier alpha value is -2.63. The molecular weight excluding hydrogens is 355 g/mol. The van der Waals surface area contributed by atoms with Crippen molar-refractivity contribution in [3.63, 3.8) is 0 Å². The number of aryl methyl sites for hydroxylation is 2. The molecule has 0 heterocycles. The van der Waals surface area contributed by atoms with Crippen LogP contribution in [0.3, 0.4) is 0 Å². The highest BCUT2D eigenvalue weighted by molar-refractivity contribution is 5.98.